The smallest absolute Gasteiger partial charge is 0.220 e. The minimum absolute atomic E-state index is 0. The minimum atomic E-state index is -0.497. The molecule has 25 heavy (non-hydrogen) atoms. The van der Waals surface area contributed by atoms with Gasteiger partial charge in [-0.3, -0.25) is 9.59 Å². The quantitative estimate of drug-likeness (QED) is 0.584. The van der Waals surface area contributed by atoms with Gasteiger partial charge >= 0.3 is 0 Å². The van der Waals surface area contributed by atoms with Crippen molar-refractivity contribution in [3.63, 3.8) is 0 Å². The first kappa shape index (κ1) is 20.6. The topological polar surface area (TPSA) is 72.2 Å². The fourth-order valence-electron chi connectivity index (χ4n) is 2.40. The summed E-state index contributed by atoms with van der Waals surface area (Å²) in [6.07, 6.45) is 0.773. The average molecular weight is 365 g/mol. The van der Waals surface area contributed by atoms with Crippen molar-refractivity contribution in [1.82, 2.24) is 5.32 Å². The Balaban J connectivity index is 0.00000312. The molecule has 4 nitrogen and oxygen atoms in total. The number of anilines is 1. The number of nitrogen functional groups attached to an aromatic ring is 1. The van der Waals surface area contributed by atoms with Gasteiger partial charge in [-0.15, -0.1) is 12.4 Å². The van der Waals surface area contributed by atoms with Crippen LogP contribution < -0.4 is 11.1 Å². The van der Waals surface area contributed by atoms with Crippen LogP contribution in [0, 0.1) is 11.7 Å². The van der Waals surface area contributed by atoms with Crippen molar-refractivity contribution in [3.05, 3.63) is 65.5 Å². The molecule has 2 rings (SSSR count). The van der Waals surface area contributed by atoms with Crippen molar-refractivity contribution in [2.45, 2.75) is 19.8 Å². The Morgan fingerprint density at radius 2 is 1.84 bits per heavy atom. The van der Waals surface area contributed by atoms with Crippen LogP contribution in [0.5, 0.6) is 0 Å². The second-order valence-corrected chi connectivity index (χ2v) is 5.82. The van der Waals surface area contributed by atoms with Crippen LogP contribution in [0.4, 0.5) is 10.1 Å². The molecule has 0 aliphatic heterocycles. The van der Waals surface area contributed by atoms with Gasteiger partial charge in [0.25, 0.3) is 0 Å². The standard InChI is InChI=1S/C19H21FN2O2.ClH/c1-13(19(24)15-3-2-4-16(20)12-15)11-18(23)22-10-9-14-5-7-17(21)8-6-14;/h2-8,12-13H,9-11,21H2,1H3,(H,22,23);1H. The van der Waals surface area contributed by atoms with E-state index < -0.39 is 11.7 Å². The van der Waals surface area contributed by atoms with Gasteiger partial charge in [0, 0.05) is 30.1 Å². The number of amides is 1. The molecule has 0 aromatic heterocycles. The Kier molecular flexibility index (Phi) is 8.08. The van der Waals surface area contributed by atoms with Crippen molar-refractivity contribution in [3.8, 4) is 0 Å². The number of nitrogens with two attached hydrogens (primary N) is 1. The normalized spacial score (nSPS) is 11.3. The number of Topliss-reactive ketones (excluding diaryl/α,β-unsaturated/α-hetero) is 1. The summed E-state index contributed by atoms with van der Waals surface area (Å²) in [6, 6.07) is 13.0. The van der Waals surface area contributed by atoms with E-state index in [1.165, 1.54) is 18.2 Å². The Morgan fingerprint density at radius 3 is 2.48 bits per heavy atom. The van der Waals surface area contributed by atoms with Gasteiger partial charge in [0.1, 0.15) is 5.82 Å². The number of hydrogen-bond donors (Lipinski definition) is 2. The van der Waals surface area contributed by atoms with E-state index in [0.717, 1.165) is 5.56 Å². The summed E-state index contributed by atoms with van der Waals surface area (Å²) in [6.45, 7) is 2.16. The van der Waals surface area contributed by atoms with E-state index in [1.54, 1.807) is 13.0 Å². The van der Waals surface area contributed by atoms with Gasteiger partial charge < -0.3 is 11.1 Å². The molecule has 0 saturated carbocycles. The van der Waals surface area contributed by atoms with E-state index in [2.05, 4.69) is 5.32 Å². The third-order valence-electron chi connectivity index (χ3n) is 3.76. The van der Waals surface area contributed by atoms with Crippen molar-refractivity contribution in [2.75, 3.05) is 12.3 Å². The first-order valence-electron chi connectivity index (χ1n) is 7.86. The maximum atomic E-state index is 13.2. The highest BCUT2D eigenvalue weighted by molar-refractivity contribution is 5.99. The van der Waals surface area contributed by atoms with Crippen molar-refractivity contribution in [1.29, 1.82) is 0 Å². The zero-order valence-corrected chi connectivity index (χ0v) is 14.8. The lowest BCUT2D eigenvalue weighted by atomic mass is 9.96. The lowest BCUT2D eigenvalue weighted by Gasteiger charge is -2.11. The Morgan fingerprint density at radius 1 is 1.16 bits per heavy atom. The Labute approximate surface area is 153 Å². The molecule has 0 radical (unpaired) electrons. The molecular weight excluding hydrogens is 343 g/mol. The fourth-order valence-corrected chi connectivity index (χ4v) is 2.40. The summed E-state index contributed by atoms with van der Waals surface area (Å²) >= 11 is 0. The maximum absolute atomic E-state index is 13.2. The zero-order chi connectivity index (χ0) is 17.5. The SMILES string of the molecule is CC(CC(=O)NCCc1ccc(N)cc1)C(=O)c1cccc(F)c1.Cl. The number of carbonyl (C=O) groups is 2. The van der Waals surface area contributed by atoms with Crippen LogP contribution in [0.25, 0.3) is 0 Å². The molecule has 0 aliphatic carbocycles. The van der Waals surface area contributed by atoms with E-state index in [9.17, 15) is 14.0 Å². The summed E-state index contributed by atoms with van der Waals surface area (Å²) in [5.74, 6) is -1.38. The lowest BCUT2D eigenvalue weighted by Crippen LogP contribution is -2.29. The molecule has 0 heterocycles. The number of carbonyl (C=O) groups excluding carboxylic acids is 2. The number of benzene rings is 2. The van der Waals surface area contributed by atoms with Crippen molar-refractivity contribution >= 4 is 29.8 Å². The highest BCUT2D eigenvalue weighted by atomic mass is 35.5. The summed E-state index contributed by atoms with van der Waals surface area (Å²) in [4.78, 5) is 24.1. The molecule has 1 amide bonds. The third kappa shape index (κ3) is 6.55. The van der Waals surface area contributed by atoms with Gasteiger partial charge in [0.2, 0.25) is 5.91 Å². The van der Waals surface area contributed by atoms with E-state index in [-0.39, 0.29) is 36.1 Å². The van der Waals surface area contributed by atoms with Crippen LogP contribution >= 0.6 is 12.4 Å². The maximum Gasteiger partial charge on any atom is 0.220 e. The second-order valence-electron chi connectivity index (χ2n) is 5.82. The van der Waals surface area contributed by atoms with Crippen LogP contribution in [0.1, 0.15) is 29.3 Å². The van der Waals surface area contributed by atoms with Gasteiger partial charge in [-0.2, -0.15) is 0 Å². The molecule has 1 unspecified atom stereocenters. The highest BCUT2D eigenvalue weighted by Crippen LogP contribution is 2.13. The molecule has 2 aromatic rings. The van der Waals surface area contributed by atoms with Crippen LogP contribution in [-0.2, 0) is 11.2 Å². The largest absolute Gasteiger partial charge is 0.399 e. The van der Waals surface area contributed by atoms with Crippen LogP contribution in [0.15, 0.2) is 48.5 Å². The van der Waals surface area contributed by atoms with Crippen LogP contribution in [-0.4, -0.2) is 18.2 Å². The van der Waals surface area contributed by atoms with Gasteiger partial charge in [0.05, 0.1) is 0 Å². The van der Waals surface area contributed by atoms with Crippen LogP contribution in [0.3, 0.4) is 0 Å². The molecule has 0 bridgehead atoms. The third-order valence-corrected chi connectivity index (χ3v) is 3.76. The predicted molar refractivity (Wildman–Crippen MR) is 99.3 cm³/mol. The Bertz CT molecular complexity index is 720. The van der Waals surface area contributed by atoms with Gasteiger partial charge in [-0.25, -0.2) is 4.39 Å². The number of halogens is 2. The molecular formula is C19H22ClFN2O2. The molecule has 0 aliphatic rings. The minimum Gasteiger partial charge on any atom is -0.399 e. The lowest BCUT2D eigenvalue weighted by molar-refractivity contribution is -0.121. The summed E-state index contributed by atoms with van der Waals surface area (Å²) in [7, 11) is 0. The Hall–Kier alpha value is -2.40. The predicted octanol–water partition coefficient (Wildman–Crippen LogP) is 3.40. The number of rotatable bonds is 7. The summed E-state index contributed by atoms with van der Waals surface area (Å²) in [5.41, 5.74) is 7.69. The van der Waals surface area contributed by atoms with E-state index in [4.69, 9.17) is 5.73 Å². The number of nitrogens with one attached hydrogen (secondary N) is 1. The molecule has 134 valence electrons. The van der Waals surface area contributed by atoms with E-state index in [0.29, 0.717) is 18.7 Å². The molecule has 0 saturated heterocycles. The monoisotopic (exact) mass is 364 g/mol. The molecule has 1 atom stereocenters. The first-order chi connectivity index (χ1) is 11.5. The number of hydrogen-bond acceptors (Lipinski definition) is 3. The summed E-state index contributed by atoms with van der Waals surface area (Å²) in [5, 5.41) is 2.80. The highest BCUT2D eigenvalue weighted by Gasteiger charge is 2.18. The van der Waals surface area contributed by atoms with E-state index >= 15 is 0 Å². The fraction of sp³-hybridized carbons (Fsp3) is 0.263. The molecule has 3 N–H and O–H groups in total. The van der Waals surface area contributed by atoms with Crippen molar-refractivity contribution in [2.24, 2.45) is 5.92 Å². The first-order valence-corrected chi connectivity index (χ1v) is 7.86. The molecule has 0 spiro atoms. The molecule has 0 fully saturated rings. The van der Waals surface area contributed by atoms with Gasteiger partial charge in [0.15, 0.2) is 5.78 Å². The molecule has 2 aromatic carbocycles. The number of ketones is 1. The molecule has 6 heteroatoms. The van der Waals surface area contributed by atoms with Gasteiger partial charge in [-0.05, 0) is 36.2 Å². The van der Waals surface area contributed by atoms with Gasteiger partial charge in [-0.1, -0.05) is 31.2 Å². The van der Waals surface area contributed by atoms with Crippen molar-refractivity contribution < 1.29 is 14.0 Å². The van der Waals surface area contributed by atoms with E-state index in [1.807, 2.05) is 24.3 Å². The average Bonchev–Trinajstić information content (AvgIpc) is 2.56. The van der Waals surface area contributed by atoms with Crippen LogP contribution in [0.2, 0.25) is 0 Å². The zero-order valence-electron chi connectivity index (χ0n) is 14.0. The summed E-state index contributed by atoms with van der Waals surface area (Å²) < 4.78 is 13.2. The second kappa shape index (κ2) is 9.79.